The van der Waals surface area contributed by atoms with Gasteiger partial charge in [-0.25, -0.2) is 9.07 Å². The summed E-state index contributed by atoms with van der Waals surface area (Å²) in [6.07, 6.45) is 1.68. The maximum absolute atomic E-state index is 12.8. The number of rotatable bonds is 6. The van der Waals surface area contributed by atoms with Crippen LogP contribution in [0.15, 0.2) is 66.9 Å². The molecule has 0 aliphatic carbocycles. The van der Waals surface area contributed by atoms with Crippen LogP contribution in [0.1, 0.15) is 16.1 Å². The van der Waals surface area contributed by atoms with Crippen molar-refractivity contribution in [2.24, 2.45) is 0 Å². The second kappa shape index (κ2) is 7.41. The highest BCUT2D eigenvalue weighted by Gasteiger charge is 2.09. The Hall–Kier alpha value is -3.15. The predicted molar refractivity (Wildman–Crippen MR) is 86.9 cm³/mol. The van der Waals surface area contributed by atoms with Gasteiger partial charge in [-0.1, -0.05) is 30.3 Å². The van der Waals surface area contributed by atoms with Crippen LogP contribution in [-0.4, -0.2) is 15.7 Å². The third-order valence-electron chi connectivity index (χ3n) is 3.35. The zero-order valence-corrected chi connectivity index (χ0v) is 12.9. The zero-order valence-electron chi connectivity index (χ0n) is 12.9. The maximum atomic E-state index is 12.8. The molecule has 0 aliphatic heterocycles. The van der Waals surface area contributed by atoms with Gasteiger partial charge >= 0.3 is 0 Å². The number of nitrogens with zero attached hydrogens (tertiary/aromatic N) is 2. The molecule has 1 heterocycles. The summed E-state index contributed by atoms with van der Waals surface area (Å²) < 4.78 is 19.9. The van der Waals surface area contributed by atoms with Gasteiger partial charge in [-0.05, 0) is 35.9 Å². The molecule has 0 aliphatic rings. The summed E-state index contributed by atoms with van der Waals surface area (Å²) in [6.45, 7) is 0.530. The molecule has 6 heteroatoms. The number of halogens is 1. The summed E-state index contributed by atoms with van der Waals surface area (Å²) in [5.41, 5.74) is 1.12. The second-order valence-corrected chi connectivity index (χ2v) is 5.14. The van der Waals surface area contributed by atoms with E-state index in [2.05, 4.69) is 10.4 Å². The van der Waals surface area contributed by atoms with Gasteiger partial charge in [0.05, 0.1) is 0 Å². The van der Waals surface area contributed by atoms with Crippen molar-refractivity contribution in [1.29, 1.82) is 0 Å². The van der Waals surface area contributed by atoms with E-state index >= 15 is 0 Å². The van der Waals surface area contributed by atoms with Crippen molar-refractivity contribution >= 4 is 5.91 Å². The molecule has 1 aromatic heterocycles. The highest BCUT2D eigenvalue weighted by Crippen LogP contribution is 2.09. The second-order valence-electron chi connectivity index (χ2n) is 5.14. The fraction of sp³-hybridized carbons (Fsp3) is 0.111. The van der Waals surface area contributed by atoms with Crippen LogP contribution in [0.4, 0.5) is 4.39 Å². The minimum absolute atomic E-state index is 0.218. The minimum atomic E-state index is -0.303. The Bertz CT molecular complexity index is 801. The fourth-order valence-electron chi connectivity index (χ4n) is 2.09. The molecule has 5 nitrogen and oxygen atoms in total. The average Bonchev–Trinajstić information content (AvgIpc) is 3.09. The van der Waals surface area contributed by atoms with E-state index in [1.54, 1.807) is 29.1 Å². The van der Waals surface area contributed by atoms with E-state index in [0.29, 0.717) is 12.2 Å². The third kappa shape index (κ3) is 4.19. The number of ether oxygens (including phenoxy) is 1. The summed E-state index contributed by atoms with van der Waals surface area (Å²) in [7, 11) is 0. The van der Waals surface area contributed by atoms with Crippen LogP contribution in [0.25, 0.3) is 0 Å². The molecule has 0 fully saturated rings. The Morgan fingerprint density at radius 1 is 1.08 bits per heavy atom. The normalized spacial score (nSPS) is 10.4. The molecule has 0 unspecified atom stereocenters. The molecule has 2 aromatic carbocycles. The van der Waals surface area contributed by atoms with Gasteiger partial charge in [0, 0.05) is 12.7 Å². The molecule has 122 valence electrons. The number of amides is 1. The Balaban J connectivity index is 1.52. The van der Waals surface area contributed by atoms with Crippen LogP contribution in [0.2, 0.25) is 0 Å². The monoisotopic (exact) mass is 325 g/mol. The summed E-state index contributed by atoms with van der Waals surface area (Å²) in [5.74, 6) is 0.135. The molecule has 0 saturated heterocycles. The van der Waals surface area contributed by atoms with Crippen LogP contribution >= 0.6 is 0 Å². The van der Waals surface area contributed by atoms with Crippen LogP contribution < -0.4 is 10.1 Å². The molecule has 0 bridgehead atoms. The Morgan fingerprint density at radius 3 is 2.58 bits per heavy atom. The van der Waals surface area contributed by atoms with Gasteiger partial charge < -0.3 is 10.1 Å². The van der Waals surface area contributed by atoms with Crippen LogP contribution in [0, 0.1) is 5.82 Å². The van der Waals surface area contributed by atoms with Gasteiger partial charge in [-0.2, -0.15) is 5.10 Å². The van der Waals surface area contributed by atoms with Crippen LogP contribution in [0.5, 0.6) is 5.75 Å². The average molecular weight is 325 g/mol. The van der Waals surface area contributed by atoms with Gasteiger partial charge in [-0.3, -0.25) is 4.79 Å². The predicted octanol–water partition coefficient (Wildman–Crippen LogP) is 2.99. The van der Waals surface area contributed by atoms with Crippen molar-refractivity contribution in [3.05, 3.63) is 83.9 Å². The number of para-hydroxylation sites is 1. The molecule has 3 aromatic rings. The quantitative estimate of drug-likeness (QED) is 0.758. The highest BCUT2D eigenvalue weighted by atomic mass is 19.1. The number of nitrogens with one attached hydrogen (secondary N) is 1. The van der Waals surface area contributed by atoms with Gasteiger partial charge in [0.2, 0.25) is 0 Å². The van der Waals surface area contributed by atoms with E-state index in [4.69, 9.17) is 4.74 Å². The van der Waals surface area contributed by atoms with Crippen molar-refractivity contribution in [1.82, 2.24) is 15.1 Å². The lowest BCUT2D eigenvalue weighted by molar-refractivity contribution is 0.0944. The first kappa shape index (κ1) is 15.7. The molecule has 1 amide bonds. The molecule has 1 N–H and O–H groups in total. The molecule has 24 heavy (non-hydrogen) atoms. The SMILES string of the molecule is O=C(NCc1ccc(F)cc1)c1ccn(COc2ccccc2)n1. The van der Waals surface area contributed by atoms with E-state index in [0.717, 1.165) is 11.3 Å². The topological polar surface area (TPSA) is 56.2 Å². The van der Waals surface area contributed by atoms with Crippen molar-refractivity contribution in [2.45, 2.75) is 13.3 Å². The summed E-state index contributed by atoms with van der Waals surface area (Å²) >= 11 is 0. The standard InChI is InChI=1S/C18H16FN3O2/c19-15-8-6-14(7-9-15)12-20-18(23)17-10-11-22(21-17)13-24-16-4-2-1-3-5-16/h1-11H,12-13H2,(H,20,23). The molecule has 3 rings (SSSR count). The van der Waals surface area contributed by atoms with Gasteiger partial charge in [0.15, 0.2) is 6.73 Å². The summed E-state index contributed by atoms with van der Waals surface area (Å²) in [4.78, 5) is 12.1. The number of hydrogen-bond acceptors (Lipinski definition) is 3. The minimum Gasteiger partial charge on any atom is -0.471 e. The van der Waals surface area contributed by atoms with E-state index < -0.39 is 0 Å². The smallest absolute Gasteiger partial charge is 0.272 e. The number of carbonyl (C=O) groups is 1. The highest BCUT2D eigenvalue weighted by molar-refractivity contribution is 5.92. The first-order valence-corrected chi connectivity index (χ1v) is 7.45. The van der Waals surface area contributed by atoms with Crippen molar-refractivity contribution < 1.29 is 13.9 Å². The molecule has 0 radical (unpaired) electrons. The number of carbonyl (C=O) groups excluding carboxylic acids is 1. The van der Waals surface area contributed by atoms with Gasteiger partial charge in [0.25, 0.3) is 5.91 Å². The molecular weight excluding hydrogens is 309 g/mol. The molecule has 0 atom stereocenters. The van der Waals surface area contributed by atoms with E-state index in [-0.39, 0.29) is 18.5 Å². The summed E-state index contributed by atoms with van der Waals surface area (Å²) in [6, 6.07) is 17.0. The molecule has 0 saturated carbocycles. The Labute approximate surface area is 138 Å². The number of hydrogen-bond donors (Lipinski definition) is 1. The van der Waals surface area contributed by atoms with E-state index in [1.165, 1.54) is 12.1 Å². The third-order valence-corrected chi connectivity index (χ3v) is 3.35. The van der Waals surface area contributed by atoms with Gasteiger partial charge in [0.1, 0.15) is 17.3 Å². The molecule has 0 spiro atoms. The Kier molecular flexibility index (Phi) is 4.86. The first-order valence-electron chi connectivity index (χ1n) is 7.45. The number of aromatic nitrogens is 2. The van der Waals surface area contributed by atoms with Crippen molar-refractivity contribution in [3.63, 3.8) is 0 Å². The van der Waals surface area contributed by atoms with Crippen molar-refractivity contribution in [2.75, 3.05) is 0 Å². The van der Waals surface area contributed by atoms with Crippen molar-refractivity contribution in [3.8, 4) is 5.75 Å². The lowest BCUT2D eigenvalue weighted by Gasteiger charge is -2.06. The van der Waals surface area contributed by atoms with E-state index in [9.17, 15) is 9.18 Å². The molecular formula is C18H16FN3O2. The van der Waals surface area contributed by atoms with Gasteiger partial charge in [-0.15, -0.1) is 0 Å². The lowest BCUT2D eigenvalue weighted by Crippen LogP contribution is -2.23. The first-order chi connectivity index (χ1) is 11.7. The lowest BCUT2D eigenvalue weighted by atomic mass is 10.2. The zero-order chi connectivity index (χ0) is 16.8. The Morgan fingerprint density at radius 2 is 1.83 bits per heavy atom. The fourth-order valence-corrected chi connectivity index (χ4v) is 2.09. The van der Waals surface area contributed by atoms with Crippen LogP contribution in [-0.2, 0) is 13.3 Å². The largest absolute Gasteiger partial charge is 0.471 e. The number of benzene rings is 2. The van der Waals surface area contributed by atoms with Crippen LogP contribution in [0.3, 0.4) is 0 Å². The summed E-state index contributed by atoms with van der Waals surface area (Å²) in [5, 5.41) is 6.92. The van der Waals surface area contributed by atoms with E-state index in [1.807, 2.05) is 30.3 Å². The maximum Gasteiger partial charge on any atom is 0.272 e.